The van der Waals surface area contributed by atoms with Crippen LogP contribution in [0, 0.1) is 0 Å². The average Bonchev–Trinajstić information content (AvgIpc) is 2.81. The standard InChI is InChI=1S/C24H19Cl3N2O6S/c1-13(30)15-3-7-18(8-4-15)28-23(31)14(2)35-24(32)16-5-9-20(27)22(11-16)36(33,34)29-21-12-17(25)6-10-19(21)26/h3-12,14,29H,1-2H3,(H,28,31)/t14-/m1/s1. The highest BCUT2D eigenvalue weighted by molar-refractivity contribution is 7.92. The lowest BCUT2D eigenvalue weighted by Crippen LogP contribution is -2.30. The number of ketones is 1. The number of carbonyl (C=O) groups is 3. The predicted octanol–water partition coefficient (Wildman–Crippen LogP) is 5.83. The van der Waals surface area contributed by atoms with Gasteiger partial charge in [0.1, 0.15) is 4.90 Å². The van der Waals surface area contributed by atoms with Crippen molar-refractivity contribution in [3.05, 3.63) is 86.9 Å². The number of Topliss-reactive ketones (excluding diaryl/α,β-unsaturated/α-hetero) is 1. The number of carbonyl (C=O) groups excluding carboxylic acids is 3. The third-order valence-electron chi connectivity index (χ3n) is 4.84. The summed E-state index contributed by atoms with van der Waals surface area (Å²) >= 11 is 18.0. The number of rotatable bonds is 8. The Bertz CT molecular complexity index is 1440. The normalized spacial score (nSPS) is 11.9. The molecule has 0 heterocycles. The van der Waals surface area contributed by atoms with E-state index in [9.17, 15) is 22.8 Å². The van der Waals surface area contributed by atoms with Crippen molar-refractivity contribution in [2.45, 2.75) is 24.8 Å². The summed E-state index contributed by atoms with van der Waals surface area (Å²) in [5.41, 5.74) is 0.754. The minimum absolute atomic E-state index is 0.0230. The highest BCUT2D eigenvalue weighted by Gasteiger charge is 2.24. The van der Waals surface area contributed by atoms with E-state index >= 15 is 0 Å². The minimum Gasteiger partial charge on any atom is -0.449 e. The Kier molecular flexibility index (Phi) is 8.63. The summed E-state index contributed by atoms with van der Waals surface area (Å²) in [5.74, 6) is -1.69. The monoisotopic (exact) mass is 568 g/mol. The van der Waals surface area contributed by atoms with Crippen molar-refractivity contribution in [3.8, 4) is 0 Å². The SMILES string of the molecule is CC(=O)c1ccc(NC(=O)[C@@H](C)OC(=O)c2ccc(Cl)c(S(=O)(=O)Nc3cc(Cl)ccc3Cl)c2)cc1. The van der Waals surface area contributed by atoms with Crippen LogP contribution in [0.15, 0.2) is 65.6 Å². The van der Waals surface area contributed by atoms with Crippen molar-refractivity contribution in [2.24, 2.45) is 0 Å². The molecule has 0 saturated heterocycles. The molecule has 8 nitrogen and oxygen atoms in total. The Morgan fingerprint density at radius 2 is 1.47 bits per heavy atom. The molecule has 3 aromatic carbocycles. The highest BCUT2D eigenvalue weighted by atomic mass is 35.5. The van der Waals surface area contributed by atoms with Crippen LogP contribution < -0.4 is 10.0 Å². The Morgan fingerprint density at radius 1 is 0.861 bits per heavy atom. The van der Waals surface area contributed by atoms with E-state index in [0.29, 0.717) is 11.3 Å². The quantitative estimate of drug-likeness (QED) is 0.260. The number of hydrogen-bond donors (Lipinski definition) is 2. The zero-order valence-electron chi connectivity index (χ0n) is 18.8. The van der Waals surface area contributed by atoms with Crippen LogP contribution in [0.1, 0.15) is 34.6 Å². The van der Waals surface area contributed by atoms with Crippen LogP contribution in [-0.2, 0) is 19.6 Å². The molecule has 1 atom stereocenters. The van der Waals surface area contributed by atoms with Gasteiger partial charge in [-0.2, -0.15) is 0 Å². The molecule has 0 aliphatic rings. The molecule has 0 aliphatic carbocycles. The number of halogens is 3. The second-order valence-electron chi connectivity index (χ2n) is 7.55. The molecule has 0 unspecified atom stereocenters. The first-order chi connectivity index (χ1) is 16.9. The molecule has 0 bridgehead atoms. The first kappa shape index (κ1) is 27.5. The summed E-state index contributed by atoms with van der Waals surface area (Å²) in [6, 6.07) is 13.9. The Hall–Kier alpha value is -3.11. The summed E-state index contributed by atoms with van der Waals surface area (Å²) in [4.78, 5) is 36.0. The fourth-order valence-corrected chi connectivity index (χ4v) is 4.92. The van der Waals surface area contributed by atoms with E-state index < -0.39 is 32.9 Å². The maximum Gasteiger partial charge on any atom is 0.338 e. The topological polar surface area (TPSA) is 119 Å². The number of nitrogens with one attached hydrogen (secondary N) is 2. The van der Waals surface area contributed by atoms with Gasteiger partial charge in [-0.25, -0.2) is 13.2 Å². The number of amides is 1. The number of benzene rings is 3. The van der Waals surface area contributed by atoms with E-state index in [1.807, 2.05) is 0 Å². The second kappa shape index (κ2) is 11.3. The van der Waals surface area contributed by atoms with Crippen LogP contribution in [0.3, 0.4) is 0 Å². The van der Waals surface area contributed by atoms with Gasteiger partial charge in [0.15, 0.2) is 11.9 Å². The average molecular weight is 570 g/mol. The molecule has 12 heteroatoms. The van der Waals surface area contributed by atoms with Crippen LogP contribution in [0.5, 0.6) is 0 Å². The summed E-state index contributed by atoms with van der Waals surface area (Å²) < 4.78 is 33.3. The van der Waals surface area contributed by atoms with Gasteiger partial charge in [-0.05, 0) is 74.5 Å². The van der Waals surface area contributed by atoms with Gasteiger partial charge in [0.05, 0.1) is 21.3 Å². The highest BCUT2D eigenvalue weighted by Crippen LogP contribution is 2.30. The van der Waals surface area contributed by atoms with Gasteiger partial charge in [-0.1, -0.05) is 34.8 Å². The zero-order valence-corrected chi connectivity index (χ0v) is 21.9. The van der Waals surface area contributed by atoms with E-state index in [2.05, 4.69) is 10.0 Å². The molecule has 188 valence electrons. The molecule has 36 heavy (non-hydrogen) atoms. The molecule has 0 fully saturated rings. The third-order valence-corrected chi connectivity index (χ3v) is 7.25. The first-order valence-electron chi connectivity index (χ1n) is 10.3. The second-order valence-corrected chi connectivity index (χ2v) is 10.4. The number of sulfonamides is 1. The van der Waals surface area contributed by atoms with Crippen LogP contribution >= 0.6 is 34.8 Å². The summed E-state index contributed by atoms with van der Waals surface area (Å²) in [7, 11) is -4.27. The Balaban J connectivity index is 1.74. The van der Waals surface area contributed by atoms with Crippen molar-refractivity contribution in [1.82, 2.24) is 0 Å². The molecule has 1 amide bonds. The molecule has 0 saturated carbocycles. The lowest BCUT2D eigenvalue weighted by Gasteiger charge is -2.15. The lowest BCUT2D eigenvalue weighted by molar-refractivity contribution is -0.123. The number of esters is 1. The van der Waals surface area contributed by atoms with E-state index in [-0.39, 0.29) is 32.1 Å². The molecule has 3 aromatic rings. The van der Waals surface area contributed by atoms with Crippen LogP contribution in [0.2, 0.25) is 15.1 Å². The summed E-state index contributed by atoms with van der Waals surface area (Å²) in [5, 5.41) is 2.77. The zero-order chi connectivity index (χ0) is 26.6. The van der Waals surface area contributed by atoms with Gasteiger partial charge in [-0.15, -0.1) is 0 Å². The van der Waals surface area contributed by atoms with Crippen molar-refractivity contribution < 1.29 is 27.5 Å². The van der Waals surface area contributed by atoms with Crippen molar-refractivity contribution in [3.63, 3.8) is 0 Å². The molecular formula is C24H19Cl3N2O6S. The van der Waals surface area contributed by atoms with E-state index in [1.165, 1.54) is 44.2 Å². The molecule has 0 radical (unpaired) electrons. The molecule has 3 rings (SSSR count). The molecule has 0 spiro atoms. The smallest absolute Gasteiger partial charge is 0.338 e. The predicted molar refractivity (Wildman–Crippen MR) is 139 cm³/mol. The molecule has 0 aliphatic heterocycles. The fourth-order valence-electron chi connectivity index (χ4n) is 2.93. The molecule has 2 N–H and O–H groups in total. The third kappa shape index (κ3) is 6.76. The Labute approximate surface area is 222 Å². The summed E-state index contributed by atoms with van der Waals surface area (Å²) in [6.45, 7) is 2.78. The van der Waals surface area contributed by atoms with E-state index in [4.69, 9.17) is 39.5 Å². The summed E-state index contributed by atoms with van der Waals surface area (Å²) in [6.07, 6.45) is -1.22. The first-order valence-corrected chi connectivity index (χ1v) is 12.9. The minimum atomic E-state index is -4.27. The molecule has 0 aromatic heterocycles. The number of hydrogen-bond acceptors (Lipinski definition) is 6. The van der Waals surface area contributed by atoms with Crippen molar-refractivity contribution >= 4 is 73.9 Å². The maximum absolute atomic E-state index is 12.9. The van der Waals surface area contributed by atoms with Gasteiger partial charge in [-0.3, -0.25) is 14.3 Å². The molecular weight excluding hydrogens is 551 g/mol. The van der Waals surface area contributed by atoms with Gasteiger partial charge in [0, 0.05) is 16.3 Å². The Morgan fingerprint density at radius 3 is 2.11 bits per heavy atom. The van der Waals surface area contributed by atoms with Gasteiger partial charge >= 0.3 is 5.97 Å². The number of ether oxygens (including phenoxy) is 1. The van der Waals surface area contributed by atoms with Crippen molar-refractivity contribution in [2.75, 3.05) is 10.0 Å². The van der Waals surface area contributed by atoms with E-state index in [1.54, 1.807) is 24.3 Å². The maximum atomic E-state index is 12.9. The van der Waals surface area contributed by atoms with Gasteiger partial charge in [0.2, 0.25) is 0 Å². The largest absolute Gasteiger partial charge is 0.449 e. The van der Waals surface area contributed by atoms with E-state index in [0.717, 1.165) is 6.07 Å². The van der Waals surface area contributed by atoms with Gasteiger partial charge < -0.3 is 10.1 Å². The van der Waals surface area contributed by atoms with Gasteiger partial charge in [0.25, 0.3) is 15.9 Å². The van der Waals surface area contributed by atoms with Crippen LogP contribution in [-0.4, -0.2) is 32.2 Å². The fraction of sp³-hybridized carbons (Fsp3) is 0.125. The van der Waals surface area contributed by atoms with Crippen molar-refractivity contribution in [1.29, 1.82) is 0 Å². The lowest BCUT2D eigenvalue weighted by atomic mass is 10.1. The van der Waals surface area contributed by atoms with Crippen LogP contribution in [0.25, 0.3) is 0 Å². The van der Waals surface area contributed by atoms with Crippen LogP contribution in [0.4, 0.5) is 11.4 Å². The number of anilines is 2.